The zero-order valence-electron chi connectivity index (χ0n) is 11.6. The van der Waals surface area contributed by atoms with E-state index in [1.165, 1.54) is 41.0 Å². The van der Waals surface area contributed by atoms with Gasteiger partial charge in [0.15, 0.2) is 0 Å². The second-order valence-electron chi connectivity index (χ2n) is 4.77. The second-order valence-corrected chi connectivity index (χ2v) is 7.15. The Morgan fingerprint density at radius 2 is 1.61 bits per heavy atom. The minimum absolute atomic E-state index is 0.00726. The fourth-order valence-electron chi connectivity index (χ4n) is 2.16. The van der Waals surface area contributed by atoms with Crippen molar-refractivity contribution in [3.05, 3.63) is 69.4 Å². The molecule has 0 atom stereocenters. The standard InChI is InChI=1S/C15H11FN2O3S2/c16-11-3-5-12(6-4-11)18-14(9-22-15(18)19)10-1-7-13(8-2-10)23(17,20)21/h1-9H,(H2,17,20,21). The van der Waals surface area contributed by atoms with Gasteiger partial charge in [-0.1, -0.05) is 23.5 Å². The molecule has 118 valence electrons. The van der Waals surface area contributed by atoms with Crippen molar-refractivity contribution in [2.24, 2.45) is 5.14 Å². The maximum atomic E-state index is 13.1. The normalized spacial score (nSPS) is 11.6. The molecule has 1 aromatic heterocycles. The maximum absolute atomic E-state index is 13.1. The first kappa shape index (κ1) is 15.6. The van der Waals surface area contributed by atoms with Crippen molar-refractivity contribution in [3.8, 4) is 16.9 Å². The summed E-state index contributed by atoms with van der Waals surface area (Å²) in [5.41, 5.74) is 1.77. The molecule has 0 saturated heterocycles. The van der Waals surface area contributed by atoms with Crippen molar-refractivity contribution in [1.82, 2.24) is 4.57 Å². The number of hydrogen-bond acceptors (Lipinski definition) is 4. The zero-order valence-corrected chi connectivity index (χ0v) is 13.3. The lowest BCUT2D eigenvalue weighted by atomic mass is 10.1. The molecular formula is C15H11FN2O3S2. The molecule has 0 unspecified atom stereocenters. The van der Waals surface area contributed by atoms with Crippen LogP contribution < -0.4 is 10.0 Å². The highest BCUT2D eigenvalue weighted by atomic mass is 32.2. The largest absolute Gasteiger partial charge is 0.312 e. The van der Waals surface area contributed by atoms with Crippen LogP contribution in [0.3, 0.4) is 0 Å². The number of primary sulfonamides is 1. The molecule has 3 rings (SSSR count). The van der Waals surface area contributed by atoms with Crippen LogP contribution in [-0.2, 0) is 10.0 Å². The number of nitrogens with zero attached hydrogens (tertiary/aromatic N) is 1. The molecule has 0 bridgehead atoms. The summed E-state index contributed by atoms with van der Waals surface area (Å²) in [6.45, 7) is 0. The van der Waals surface area contributed by atoms with Crippen LogP contribution in [-0.4, -0.2) is 13.0 Å². The van der Waals surface area contributed by atoms with Crippen LogP contribution in [0.4, 0.5) is 4.39 Å². The maximum Gasteiger partial charge on any atom is 0.312 e. The predicted molar refractivity (Wildman–Crippen MR) is 86.7 cm³/mol. The lowest BCUT2D eigenvalue weighted by Gasteiger charge is -2.08. The molecule has 0 aliphatic heterocycles. The van der Waals surface area contributed by atoms with E-state index >= 15 is 0 Å². The lowest BCUT2D eigenvalue weighted by molar-refractivity contribution is 0.598. The Kier molecular flexibility index (Phi) is 3.88. The molecule has 23 heavy (non-hydrogen) atoms. The van der Waals surface area contributed by atoms with Gasteiger partial charge in [-0.05, 0) is 42.0 Å². The molecule has 0 aliphatic carbocycles. The van der Waals surface area contributed by atoms with Crippen LogP contribution in [0.1, 0.15) is 0 Å². The van der Waals surface area contributed by atoms with Gasteiger partial charge < -0.3 is 0 Å². The number of aromatic nitrogens is 1. The summed E-state index contributed by atoms with van der Waals surface area (Å²) < 4.78 is 37.1. The van der Waals surface area contributed by atoms with Crippen LogP contribution in [0.25, 0.3) is 16.9 Å². The Balaban J connectivity index is 2.12. The molecule has 5 nitrogen and oxygen atoms in total. The van der Waals surface area contributed by atoms with Gasteiger partial charge in [-0.25, -0.2) is 17.9 Å². The number of sulfonamides is 1. The van der Waals surface area contributed by atoms with E-state index in [-0.39, 0.29) is 9.77 Å². The third kappa shape index (κ3) is 3.09. The fourth-order valence-corrected chi connectivity index (χ4v) is 3.44. The Hall–Kier alpha value is -2.29. The van der Waals surface area contributed by atoms with Gasteiger partial charge in [-0.3, -0.25) is 9.36 Å². The molecule has 0 fully saturated rings. The monoisotopic (exact) mass is 350 g/mol. The van der Waals surface area contributed by atoms with E-state index in [1.807, 2.05) is 0 Å². The molecule has 2 aromatic carbocycles. The van der Waals surface area contributed by atoms with E-state index in [1.54, 1.807) is 17.5 Å². The fraction of sp³-hybridized carbons (Fsp3) is 0. The molecule has 0 amide bonds. The molecule has 3 aromatic rings. The molecule has 0 radical (unpaired) electrons. The van der Waals surface area contributed by atoms with Gasteiger partial charge in [0.05, 0.1) is 16.3 Å². The molecule has 0 saturated carbocycles. The van der Waals surface area contributed by atoms with Crippen LogP contribution >= 0.6 is 11.3 Å². The first-order valence-electron chi connectivity index (χ1n) is 6.46. The number of thiazole rings is 1. The number of halogens is 1. The SMILES string of the molecule is NS(=O)(=O)c1ccc(-c2csc(=O)n2-c2ccc(F)cc2)cc1. The first-order valence-corrected chi connectivity index (χ1v) is 8.88. The molecule has 2 N–H and O–H groups in total. The third-order valence-corrected chi connectivity index (χ3v) is 4.91. The van der Waals surface area contributed by atoms with Crippen molar-refractivity contribution in [2.45, 2.75) is 4.90 Å². The van der Waals surface area contributed by atoms with Crippen LogP contribution in [0.2, 0.25) is 0 Å². The average Bonchev–Trinajstić information content (AvgIpc) is 2.89. The zero-order chi connectivity index (χ0) is 16.6. The predicted octanol–water partition coefficient (Wildman–Crippen LogP) is 2.35. The average molecular weight is 350 g/mol. The summed E-state index contributed by atoms with van der Waals surface area (Å²) in [5.74, 6) is -0.393. The highest BCUT2D eigenvalue weighted by Crippen LogP contribution is 2.24. The Morgan fingerprint density at radius 3 is 2.17 bits per heavy atom. The first-order chi connectivity index (χ1) is 10.9. The van der Waals surface area contributed by atoms with Crippen LogP contribution in [0.15, 0.2) is 63.6 Å². The summed E-state index contributed by atoms with van der Waals surface area (Å²) in [7, 11) is -3.77. The summed E-state index contributed by atoms with van der Waals surface area (Å²) in [6, 6.07) is 11.4. The van der Waals surface area contributed by atoms with Gasteiger partial charge in [-0.2, -0.15) is 0 Å². The minimum atomic E-state index is -3.77. The molecular weight excluding hydrogens is 339 g/mol. The summed E-state index contributed by atoms with van der Waals surface area (Å²) >= 11 is 1.01. The van der Waals surface area contributed by atoms with Gasteiger partial charge in [0, 0.05) is 5.38 Å². The number of rotatable bonds is 3. The van der Waals surface area contributed by atoms with Crippen molar-refractivity contribution >= 4 is 21.4 Å². The second kappa shape index (κ2) is 5.73. The van der Waals surface area contributed by atoms with Gasteiger partial charge >= 0.3 is 4.87 Å². The van der Waals surface area contributed by atoms with Crippen LogP contribution in [0.5, 0.6) is 0 Å². The van der Waals surface area contributed by atoms with E-state index in [0.717, 1.165) is 11.3 Å². The van der Waals surface area contributed by atoms with Crippen molar-refractivity contribution < 1.29 is 12.8 Å². The van der Waals surface area contributed by atoms with Gasteiger partial charge in [0.2, 0.25) is 10.0 Å². The highest BCUT2D eigenvalue weighted by molar-refractivity contribution is 7.89. The highest BCUT2D eigenvalue weighted by Gasteiger charge is 2.13. The van der Waals surface area contributed by atoms with Gasteiger partial charge in [0.1, 0.15) is 5.82 Å². The van der Waals surface area contributed by atoms with E-state index < -0.39 is 15.8 Å². The minimum Gasteiger partial charge on any atom is -0.267 e. The third-order valence-electron chi connectivity index (χ3n) is 3.26. The Morgan fingerprint density at radius 1 is 1.00 bits per heavy atom. The summed E-state index contributed by atoms with van der Waals surface area (Å²) in [5, 5.41) is 6.73. The topological polar surface area (TPSA) is 82.2 Å². The van der Waals surface area contributed by atoms with Crippen molar-refractivity contribution in [2.75, 3.05) is 0 Å². The Labute approximate surface area is 135 Å². The number of benzene rings is 2. The van der Waals surface area contributed by atoms with Crippen LogP contribution in [0, 0.1) is 5.82 Å². The van der Waals surface area contributed by atoms with Gasteiger partial charge in [0.25, 0.3) is 0 Å². The van der Waals surface area contributed by atoms with E-state index in [4.69, 9.17) is 5.14 Å². The Bertz CT molecular complexity index is 1000. The van der Waals surface area contributed by atoms with Gasteiger partial charge in [-0.15, -0.1) is 0 Å². The molecule has 0 spiro atoms. The molecule has 1 heterocycles. The van der Waals surface area contributed by atoms with E-state index in [9.17, 15) is 17.6 Å². The summed E-state index contributed by atoms with van der Waals surface area (Å²) in [6.07, 6.45) is 0. The molecule has 0 aliphatic rings. The molecule has 8 heteroatoms. The van der Waals surface area contributed by atoms with Crippen molar-refractivity contribution in [3.63, 3.8) is 0 Å². The quantitative estimate of drug-likeness (QED) is 0.787. The smallest absolute Gasteiger partial charge is 0.267 e. The van der Waals surface area contributed by atoms with E-state index in [2.05, 4.69) is 0 Å². The number of hydrogen-bond donors (Lipinski definition) is 1. The summed E-state index contributed by atoms with van der Waals surface area (Å²) in [4.78, 5) is 11.9. The van der Waals surface area contributed by atoms with Crippen molar-refractivity contribution in [1.29, 1.82) is 0 Å². The lowest BCUT2D eigenvalue weighted by Crippen LogP contribution is -2.13. The number of nitrogens with two attached hydrogens (primary N) is 1. The van der Waals surface area contributed by atoms with E-state index in [0.29, 0.717) is 16.9 Å².